The molecular formula is C24H30N4O. The third-order valence-corrected chi connectivity index (χ3v) is 5.87. The van der Waals surface area contributed by atoms with Gasteiger partial charge in [-0.1, -0.05) is 18.2 Å². The summed E-state index contributed by atoms with van der Waals surface area (Å²) in [5, 5.41) is 6.45. The molecule has 0 unspecified atom stereocenters. The van der Waals surface area contributed by atoms with Gasteiger partial charge in [-0.3, -0.25) is 4.79 Å². The lowest BCUT2D eigenvalue weighted by Crippen LogP contribution is -2.43. The molecule has 2 aromatic carbocycles. The zero-order valence-corrected chi connectivity index (χ0v) is 17.4. The first-order chi connectivity index (χ1) is 14.1. The Morgan fingerprint density at radius 3 is 2.45 bits per heavy atom. The molecule has 2 aliphatic heterocycles. The van der Waals surface area contributed by atoms with Gasteiger partial charge in [-0.25, -0.2) is 0 Å². The van der Waals surface area contributed by atoms with Crippen molar-refractivity contribution < 1.29 is 4.79 Å². The average molecular weight is 391 g/mol. The van der Waals surface area contributed by atoms with Gasteiger partial charge in [0.1, 0.15) is 0 Å². The summed E-state index contributed by atoms with van der Waals surface area (Å²) in [4.78, 5) is 17.4. The maximum Gasteiger partial charge on any atom is 0.255 e. The summed E-state index contributed by atoms with van der Waals surface area (Å²) in [6.07, 6.45) is 3.34. The fourth-order valence-electron chi connectivity index (χ4n) is 3.97. The number of nitrogens with zero attached hydrogens (tertiary/aromatic N) is 2. The number of amides is 1. The molecule has 0 bridgehead atoms. The van der Waals surface area contributed by atoms with Gasteiger partial charge in [0.15, 0.2) is 0 Å². The van der Waals surface area contributed by atoms with E-state index in [1.807, 2.05) is 18.2 Å². The molecule has 29 heavy (non-hydrogen) atoms. The zero-order chi connectivity index (χ0) is 20.2. The molecule has 1 fully saturated rings. The van der Waals surface area contributed by atoms with Crippen LogP contribution in [0.2, 0.25) is 0 Å². The highest BCUT2D eigenvalue weighted by Gasteiger charge is 2.14. The van der Waals surface area contributed by atoms with E-state index >= 15 is 0 Å². The van der Waals surface area contributed by atoms with Gasteiger partial charge in [-0.2, -0.15) is 0 Å². The number of hydrogen-bond acceptors (Lipinski definition) is 4. The van der Waals surface area contributed by atoms with Crippen LogP contribution in [0.25, 0.3) is 5.57 Å². The van der Waals surface area contributed by atoms with Crippen LogP contribution in [0.5, 0.6) is 0 Å². The largest absolute Gasteiger partial charge is 0.369 e. The van der Waals surface area contributed by atoms with Crippen molar-refractivity contribution in [2.75, 3.05) is 56.5 Å². The van der Waals surface area contributed by atoms with Crippen LogP contribution in [0.3, 0.4) is 0 Å². The summed E-state index contributed by atoms with van der Waals surface area (Å²) in [7, 11) is 2.14. The van der Waals surface area contributed by atoms with Gasteiger partial charge in [0.05, 0.1) is 0 Å². The minimum atomic E-state index is -0.0630. The van der Waals surface area contributed by atoms with Crippen molar-refractivity contribution in [3.05, 3.63) is 65.2 Å². The normalized spacial score (nSPS) is 17.7. The van der Waals surface area contributed by atoms with E-state index in [2.05, 4.69) is 64.7 Å². The lowest BCUT2D eigenvalue weighted by Gasteiger charge is -2.30. The highest BCUT2D eigenvalue weighted by atomic mass is 16.1. The van der Waals surface area contributed by atoms with E-state index in [0.717, 1.165) is 56.9 Å². The Bertz CT molecular complexity index is 898. The molecule has 1 saturated heterocycles. The maximum absolute atomic E-state index is 12.7. The first kappa shape index (κ1) is 19.7. The minimum absolute atomic E-state index is 0.0630. The van der Waals surface area contributed by atoms with Crippen molar-refractivity contribution in [2.24, 2.45) is 0 Å². The Kier molecular flexibility index (Phi) is 5.97. The van der Waals surface area contributed by atoms with Gasteiger partial charge < -0.3 is 20.4 Å². The predicted molar refractivity (Wildman–Crippen MR) is 121 cm³/mol. The molecule has 0 aliphatic carbocycles. The molecule has 5 nitrogen and oxygen atoms in total. The van der Waals surface area contributed by atoms with E-state index in [4.69, 9.17) is 0 Å². The van der Waals surface area contributed by atoms with Crippen LogP contribution in [-0.4, -0.2) is 57.1 Å². The van der Waals surface area contributed by atoms with Gasteiger partial charge in [0.2, 0.25) is 0 Å². The number of aryl methyl sites for hydroxylation is 1. The number of hydrogen-bond donors (Lipinski definition) is 2. The fraction of sp³-hybridized carbons (Fsp3) is 0.375. The Morgan fingerprint density at radius 1 is 1.03 bits per heavy atom. The molecule has 0 saturated carbocycles. The van der Waals surface area contributed by atoms with Crippen molar-refractivity contribution in [1.82, 2.24) is 10.2 Å². The van der Waals surface area contributed by atoms with E-state index < -0.39 is 0 Å². The van der Waals surface area contributed by atoms with Crippen molar-refractivity contribution in [2.45, 2.75) is 13.3 Å². The Balaban J connectivity index is 1.42. The number of carbonyl (C=O) groups excluding carboxylic acids is 1. The van der Waals surface area contributed by atoms with Gasteiger partial charge in [-0.15, -0.1) is 0 Å². The number of anilines is 2. The standard InChI is InChI=1S/C24H30N4O/c1-18-17-22(28-15-11-25-12-16-28)7-8-23(18)26-24(29)21-5-3-19(4-6-21)20-9-13-27(2)14-10-20/h3-9,17,25H,10-16H2,1-2H3,(H,26,29). The molecule has 0 radical (unpaired) electrons. The predicted octanol–water partition coefficient (Wildman–Crippen LogP) is 3.38. The smallest absolute Gasteiger partial charge is 0.255 e. The van der Waals surface area contributed by atoms with Crippen molar-refractivity contribution >= 4 is 22.9 Å². The molecule has 1 amide bonds. The van der Waals surface area contributed by atoms with Gasteiger partial charge in [-0.05, 0) is 67.4 Å². The summed E-state index contributed by atoms with van der Waals surface area (Å²) >= 11 is 0. The summed E-state index contributed by atoms with van der Waals surface area (Å²) in [5.41, 5.74) is 6.45. The average Bonchev–Trinajstić information content (AvgIpc) is 2.76. The van der Waals surface area contributed by atoms with Crippen molar-refractivity contribution in [3.8, 4) is 0 Å². The van der Waals surface area contributed by atoms with Crippen molar-refractivity contribution in [1.29, 1.82) is 0 Å². The number of carbonyl (C=O) groups is 1. The van der Waals surface area contributed by atoms with Crippen LogP contribution >= 0.6 is 0 Å². The van der Waals surface area contributed by atoms with Crippen LogP contribution in [0, 0.1) is 6.92 Å². The Morgan fingerprint density at radius 2 is 1.79 bits per heavy atom. The van der Waals surface area contributed by atoms with Crippen LogP contribution in [0.1, 0.15) is 27.9 Å². The topological polar surface area (TPSA) is 47.6 Å². The molecule has 5 heteroatoms. The highest BCUT2D eigenvalue weighted by molar-refractivity contribution is 6.04. The van der Waals surface area contributed by atoms with E-state index in [9.17, 15) is 4.79 Å². The zero-order valence-electron chi connectivity index (χ0n) is 17.4. The van der Waals surface area contributed by atoms with Gasteiger partial charge >= 0.3 is 0 Å². The summed E-state index contributed by atoms with van der Waals surface area (Å²) in [5.74, 6) is -0.0630. The first-order valence-corrected chi connectivity index (χ1v) is 10.5. The number of benzene rings is 2. The molecule has 2 aliphatic rings. The molecule has 0 aromatic heterocycles. The number of rotatable bonds is 4. The van der Waals surface area contributed by atoms with E-state index in [-0.39, 0.29) is 5.91 Å². The lowest BCUT2D eigenvalue weighted by molar-refractivity contribution is 0.102. The summed E-state index contributed by atoms with van der Waals surface area (Å²) < 4.78 is 0. The summed E-state index contributed by atoms with van der Waals surface area (Å²) in [6, 6.07) is 14.3. The maximum atomic E-state index is 12.7. The molecular weight excluding hydrogens is 360 g/mol. The van der Waals surface area contributed by atoms with E-state index in [1.54, 1.807) is 0 Å². The van der Waals surface area contributed by atoms with Crippen LogP contribution in [0.15, 0.2) is 48.5 Å². The molecule has 2 heterocycles. The SMILES string of the molecule is Cc1cc(N2CCNCC2)ccc1NC(=O)c1ccc(C2=CCN(C)CC2)cc1. The molecule has 0 spiro atoms. The molecule has 152 valence electrons. The number of likely N-dealkylation sites (N-methyl/N-ethyl adjacent to an activating group) is 1. The van der Waals surface area contributed by atoms with Gasteiger partial charge in [0, 0.05) is 56.2 Å². The number of piperazine rings is 1. The van der Waals surface area contributed by atoms with Gasteiger partial charge in [0.25, 0.3) is 5.91 Å². The van der Waals surface area contributed by atoms with Crippen LogP contribution in [0.4, 0.5) is 11.4 Å². The van der Waals surface area contributed by atoms with Crippen molar-refractivity contribution in [3.63, 3.8) is 0 Å². The second-order valence-electron chi connectivity index (χ2n) is 8.01. The third kappa shape index (κ3) is 4.69. The second-order valence-corrected chi connectivity index (χ2v) is 8.01. The van der Waals surface area contributed by atoms with E-state index in [1.165, 1.54) is 16.8 Å². The first-order valence-electron chi connectivity index (χ1n) is 10.5. The minimum Gasteiger partial charge on any atom is -0.369 e. The quantitative estimate of drug-likeness (QED) is 0.840. The lowest BCUT2D eigenvalue weighted by atomic mass is 9.98. The van der Waals surface area contributed by atoms with Crippen LogP contribution < -0.4 is 15.5 Å². The number of nitrogens with one attached hydrogen (secondary N) is 2. The van der Waals surface area contributed by atoms with Crippen LogP contribution in [-0.2, 0) is 0 Å². The molecule has 0 atom stereocenters. The molecule has 2 N–H and O–H groups in total. The summed E-state index contributed by atoms with van der Waals surface area (Å²) in [6.45, 7) is 8.19. The second kappa shape index (κ2) is 8.80. The van der Waals surface area contributed by atoms with E-state index in [0.29, 0.717) is 5.56 Å². The fourth-order valence-corrected chi connectivity index (χ4v) is 3.97. The molecule has 2 aromatic rings. The Labute approximate surface area is 173 Å². The third-order valence-electron chi connectivity index (χ3n) is 5.87. The monoisotopic (exact) mass is 390 g/mol. The Hall–Kier alpha value is -2.63. The highest BCUT2D eigenvalue weighted by Crippen LogP contribution is 2.25. The molecule has 4 rings (SSSR count).